The topological polar surface area (TPSA) is 32.8 Å². The maximum absolute atomic E-state index is 12.4. The van der Waals surface area contributed by atoms with Crippen LogP contribution in [0.5, 0.6) is 5.75 Å². The highest BCUT2D eigenvalue weighted by atomic mass is 16.5. The second-order valence-electron chi connectivity index (χ2n) is 8.00. The predicted molar refractivity (Wildman–Crippen MR) is 106 cm³/mol. The molecule has 2 fully saturated rings. The van der Waals surface area contributed by atoms with Crippen molar-refractivity contribution < 1.29 is 9.53 Å². The first-order valence-electron chi connectivity index (χ1n) is 10.4. The number of likely N-dealkylation sites (tertiary alicyclic amines) is 2. The highest BCUT2D eigenvalue weighted by molar-refractivity contribution is 5.97. The van der Waals surface area contributed by atoms with Gasteiger partial charge < -0.3 is 4.74 Å². The third kappa shape index (κ3) is 5.31. The zero-order chi connectivity index (χ0) is 18.4. The van der Waals surface area contributed by atoms with Gasteiger partial charge in [0, 0.05) is 24.2 Å². The van der Waals surface area contributed by atoms with Gasteiger partial charge in [-0.25, -0.2) is 0 Å². The summed E-state index contributed by atoms with van der Waals surface area (Å²) in [7, 11) is 0. The van der Waals surface area contributed by atoms with Gasteiger partial charge in [-0.05, 0) is 83.3 Å². The molecular weight excluding hydrogens is 324 g/mol. The molecule has 2 atom stereocenters. The van der Waals surface area contributed by atoms with Crippen molar-refractivity contribution >= 4 is 5.78 Å². The molecule has 0 saturated carbocycles. The second kappa shape index (κ2) is 9.52. The van der Waals surface area contributed by atoms with Crippen LogP contribution >= 0.6 is 0 Å². The predicted octanol–water partition coefficient (Wildman–Crippen LogP) is 4.00. The third-order valence-corrected chi connectivity index (χ3v) is 5.96. The average molecular weight is 359 g/mol. The van der Waals surface area contributed by atoms with Crippen molar-refractivity contribution in [3.05, 3.63) is 29.8 Å². The zero-order valence-electron chi connectivity index (χ0n) is 16.5. The van der Waals surface area contributed by atoms with E-state index in [-0.39, 0.29) is 5.78 Å². The molecule has 2 aliphatic rings. The number of Topliss-reactive ketones (excluding diaryl/α,β-unsaturated/α-hetero) is 1. The Labute approximate surface area is 158 Å². The first-order valence-corrected chi connectivity index (χ1v) is 10.4. The number of nitrogens with zero attached hydrogens (tertiary/aromatic N) is 2. The van der Waals surface area contributed by atoms with E-state index in [4.69, 9.17) is 4.74 Å². The van der Waals surface area contributed by atoms with Crippen LogP contribution in [0, 0.1) is 0 Å². The molecule has 0 unspecified atom stereocenters. The first-order chi connectivity index (χ1) is 12.6. The molecule has 1 aromatic rings. The van der Waals surface area contributed by atoms with Gasteiger partial charge in [0.05, 0.1) is 13.2 Å². The van der Waals surface area contributed by atoms with Gasteiger partial charge in [0.2, 0.25) is 0 Å². The van der Waals surface area contributed by atoms with Gasteiger partial charge in [-0.1, -0.05) is 6.42 Å². The lowest BCUT2D eigenvalue weighted by Gasteiger charge is -2.25. The first kappa shape index (κ1) is 19.4. The SMILES string of the molecule is C[C@@H]1CC[C@@H](C)N1CCCOc1ccc(C(=O)CN2CCCCC2)cc1. The average Bonchev–Trinajstić information content (AvgIpc) is 2.98. The molecule has 0 spiro atoms. The molecule has 0 aromatic heterocycles. The van der Waals surface area contributed by atoms with E-state index in [2.05, 4.69) is 23.6 Å². The van der Waals surface area contributed by atoms with Gasteiger partial charge in [0.15, 0.2) is 5.78 Å². The molecular formula is C22H34N2O2. The van der Waals surface area contributed by atoms with E-state index in [1.807, 2.05) is 24.3 Å². The number of ketones is 1. The lowest BCUT2D eigenvalue weighted by atomic mass is 10.1. The number of benzene rings is 1. The smallest absolute Gasteiger partial charge is 0.176 e. The molecule has 144 valence electrons. The van der Waals surface area contributed by atoms with Crippen LogP contribution in [0.2, 0.25) is 0 Å². The van der Waals surface area contributed by atoms with Crippen molar-refractivity contribution in [2.45, 2.75) is 64.5 Å². The van der Waals surface area contributed by atoms with E-state index >= 15 is 0 Å². The van der Waals surface area contributed by atoms with Crippen LogP contribution in [0.25, 0.3) is 0 Å². The summed E-state index contributed by atoms with van der Waals surface area (Å²) in [5.41, 5.74) is 0.794. The highest BCUT2D eigenvalue weighted by Gasteiger charge is 2.26. The van der Waals surface area contributed by atoms with Crippen LogP contribution in [0.15, 0.2) is 24.3 Å². The second-order valence-corrected chi connectivity index (χ2v) is 8.00. The number of rotatable bonds is 8. The van der Waals surface area contributed by atoms with Crippen LogP contribution in [-0.4, -0.2) is 60.5 Å². The standard InChI is InChI=1S/C22H34N2O2/c1-18-7-8-19(2)24(18)15-6-16-26-21-11-9-20(10-12-21)22(25)17-23-13-4-3-5-14-23/h9-12,18-19H,3-8,13-17H2,1-2H3/t18-,19-/m1/s1. The minimum absolute atomic E-state index is 0.218. The summed E-state index contributed by atoms with van der Waals surface area (Å²) in [5, 5.41) is 0. The maximum atomic E-state index is 12.4. The minimum atomic E-state index is 0.218. The van der Waals surface area contributed by atoms with Crippen molar-refractivity contribution in [3.63, 3.8) is 0 Å². The van der Waals surface area contributed by atoms with E-state index in [9.17, 15) is 4.79 Å². The van der Waals surface area contributed by atoms with E-state index in [1.165, 1.54) is 32.1 Å². The van der Waals surface area contributed by atoms with Crippen molar-refractivity contribution in [1.29, 1.82) is 0 Å². The van der Waals surface area contributed by atoms with E-state index in [0.29, 0.717) is 18.6 Å². The van der Waals surface area contributed by atoms with Crippen molar-refractivity contribution in [2.24, 2.45) is 0 Å². The fourth-order valence-corrected chi connectivity index (χ4v) is 4.28. The van der Waals surface area contributed by atoms with Gasteiger partial charge >= 0.3 is 0 Å². The molecule has 0 bridgehead atoms. The Morgan fingerprint density at radius 2 is 1.69 bits per heavy atom. The number of hydrogen-bond donors (Lipinski definition) is 0. The summed E-state index contributed by atoms with van der Waals surface area (Å²) < 4.78 is 5.87. The number of hydrogen-bond acceptors (Lipinski definition) is 4. The molecule has 2 saturated heterocycles. The lowest BCUT2D eigenvalue weighted by molar-refractivity contribution is 0.0915. The lowest BCUT2D eigenvalue weighted by Crippen LogP contribution is -2.34. The van der Waals surface area contributed by atoms with Crippen LogP contribution in [-0.2, 0) is 0 Å². The summed E-state index contributed by atoms with van der Waals surface area (Å²) in [6, 6.07) is 9.10. The van der Waals surface area contributed by atoms with E-state index in [0.717, 1.165) is 44.0 Å². The van der Waals surface area contributed by atoms with Crippen LogP contribution in [0.4, 0.5) is 0 Å². The summed E-state index contributed by atoms with van der Waals surface area (Å²) in [6.45, 7) is 9.15. The summed E-state index contributed by atoms with van der Waals surface area (Å²) in [6.07, 6.45) is 7.41. The molecule has 2 aliphatic heterocycles. The molecule has 0 radical (unpaired) electrons. The molecule has 2 heterocycles. The number of piperidine rings is 1. The summed E-state index contributed by atoms with van der Waals surface area (Å²) in [5.74, 6) is 1.08. The van der Waals surface area contributed by atoms with Gasteiger partial charge in [0.25, 0.3) is 0 Å². The normalized spacial score (nSPS) is 24.7. The minimum Gasteiger partial charge on any atom is -0.494 e. The monoisotopic (exact) mass is 358 g/mol. The van der Waals surface area contributed by atoms with Gasteiger partial charge in [0.1, 0.15) is 5.75 Å². The number of carbonyl (C=O) groups is 1. The third-order valence-electron chi connectivity index (χ3n) is 5.96. The summed E-state index contributed by atoms with van der Waals surface area (Å²) in [4.78, 5) is 17.3. The molecule has 4 heteroatoms. The largest absolute Gasteiger partial charge is 0.494 e. The van der Waals surface area contributed by atoms with E-state index < -0.39 is 0 Å². The molecule has 0 aliphatic carbocycles. The van der Waals surface area contributed by atoms with Gasteiger partial charge in [-0.15, -0.1) is 0 Å². The Bertz CT molecular complexity index is 556. The molecule has 1 aromatic carbocycles. The van der Waals surface area contributed by atoms with E-state index in [1.54, 1.807) is 0 Å². The quantitative estimate of drug-likeness (QED) is 0.519. The zero-order valence-corrected chi connectivity index (χ0v) is 16.5. The van der Waals surface area contributed by atoms with Gasteiger partial charge in [-0.3, -0.25) is 14.6 Å². The molecule has 0 N–H and O–H groups in total. The molecule has 3 rings (SSSR count). The number of ether oxygens (including phenoxy) is 1. The van der Waals surface area contributed by atoms with Crippen molar-refractivity contribution in [2.75, 3.05) is 32.8 Å². The van der Waals surface area contributed by atoms with Gasteiger partial charge in [-0.2, -0.15) is 0 Å². The number of carbonyl (C=O) groups excluding carboxylic acids is 1. The fourth-order valence-electron chi connectivity index (χ4n) is 4.28. The Morgan fingerprint density at radius 1 is 1.04 bits per heavy atom. The fraction of sp³-hybridized carbons (Fsp3) is 0.682. The summed E-state index contributed by atoms with van der Waals surface area (Å²) >= 11 is 0. The van der Waals surface area contributed by atoms with Crippen molar-refractivity contribution in [1.82, 2.24) is 9.80 Å². The van der Waals surface area contributed by atoms with Crippen LogP contribution < -0.4 is 4.74 Å². The maximum Gasteiger partial charge on any atom is 0.176 e. The Balaban J connectivity index is 1.39. The van der Waals surface area contributed by atoms with Crippen molar-refractivity contribution in [3.8, 4) is 5.75 Å². The molecule has 0 amide bonds. The molecule has 26 heavy (non-hydrogen) atoms. The molecule has 4 nitrogen and oxygen atoms in total. The van der Waals surface area contributed by atoms with Crippen LogP contribution in [0.3, 0.4) is 0 Å². The Hall–Kier alpha value is -1.39. The Morgan fingerprint density at radius 3 is 2.35 bits per heavy atom. The Kier molecular flexibility index (Phi) is 7.09. The van der Waals surface area contributed by atoms with Crippen LogP contribution in [0.1, 0.15) is 62.7 Å². The highest BCUT2D eigenvalue weighted by Crippen LogP contribution is 2.23.